The molecule has 0 amide bonds. The van der Waals surface area contributed by atoms with E-state index in [2.05, 4.69) is 10.2 Å². The molecule has 0 radical (unpaired) electrons. The van der Waals surface area contributed by atoms with Gasteiger partial charge in [-0.1, -0.05) is 29.4 Å². The van der Waals surface area contributed by atoms with Crippen LogP contribution in [0.15, 0.2) is 47.6 Å². The van der Waals surface area contributed by atoms with Gasteiger partial charge >= 0.3 is 0 Å². The molecule has 0 bridgehead atoms. The second-order valence-corrected chi connectivity index (χ2v) is 8.47. The highest BCUT2D eigenvalue weighted by molar-refractivity contribution is 7.99. The molecule has 1 saturated heterocycles. The van der Waals surface area contributed by atoms with Gasteiger partial charge < -0.3 is 14.2 Å². The zero-order valence-corrected chi connectivity index (χ0v) is 18.6. The van der Waals surface area contributed by atoms with Gasteiger partial charge in [-0.3, -0.25) is 4.57 Å². The Hall–Kier alpha value is -2.22. The molecule has 0 spiro atoms. The summed E-state index contributed by atoms with van der Waals surface area (Å²) in [6.07, 6.45) is 2.47. The topological polar surface area (TPSA) is 58.4 Å². The molecule has 2 heterocycles. The van der Waals surface area contributed by atoms with E-state index in [0.717, 1.165) is 53.1 Å². The molecule has 1 unspecified atom stereocenters. The maximum atomic E-state index is 6.39. The third kappa shape index (κ3) is 4.91. The highest BCUT2D eigenvalue weighted by Crippen LogP contribution is 2.28. The average Bonchev–Trinajstić information content (AvgIpc) is 3.43. The minimum atomic E-state index is 0.265. The van der Waals surface area contributed by atoms with Gasteiger partial charge in [-0.25, -0.2) is 0 Å². The molecule has 6 nitrogen and oxygen atoms in total. The minimum absolute atomic E-state index is 0.265. The lowest BCUT2D eigenvalue weighted by atomic mass is 10.2. The third-order valence-electron chi connectivity index (χ3n) is 4.96. The first-order valence-corrected chi connectivity index (χ1v) is 11.2. The summed E-state index contributed by atoms with van der Waals surface area (Å²) >= 11 is 8.04. The van der Waals surface area contributed by atoms with Crippen LogP contribution in [0.25, 0.3) is 5.69 Å². The molecule has 1 aliphatic rings. The van der Waals surface area contributed by atoms with Crippen molar-refractivity contribution >= 4 is 23.4 Å². The summed E-state index contributed by atoms with van der Waals surface area (Å²) in [5, 5.41) is 10.3. The molecule has 158 valence electrons. The number of methoxy groups -OCH3 is 1. The van der Waals surface area contributed by atoms with Gasteiger partial charge in [0.25, 0.3) is 0 Å². The first-order valence-electron chi connectivity index (χ1n) is 9.86. The molecule has 4 rings (SSSR count). The van der Waals surface area contributed by atoms with Crippen molar-refractivity contribution in [1.29, 1.82) is 0 Å². The molecule has 1 aliphatic heterocycles. The third-order valence-corrected chi connectivity index (χ3v) is 6.43. The Kier molecular flexibility index (Phi) is 6.82. The molecular formula is C22H24ClN3O3S. The van der Waals surface area contributed by atoms with E-state index in [-0.39, 0.29) is 12.7 Å². The van der Waals surface area contributed by atoms with Gasteiger partial charge in [0.2, 0.25) is 0 Å². The van der Waals surface area contributed by atoms with Crippen LogP contribution in [-0.2, 0) is 11.3 Å². The molecule has 0 saturated carbocycles. The monoisotopic (exact) mass is 445 g/mol. The van der Waals surface area contributed by atoms with Crippen LogP contribution in [0, 0.1) is 6.92 Å². The molecule has 1 fully saturated rings. The van der Waals surface area contributed by atoms with Gasteiger partial charge in [0.05, 0.1) is 18.9 Å². The highest BCUT2D eigenvalue weighted by Gasteiger charge is 2.20. The lowest BCUT2D eigenvalue weighted by molar-refractivity contribution is 0.129. The number of rotatable bonds is 8. The van der Waals surface area contributed by atoms with Crippen molar-refractivity contribution in [2.24, 2.45) is 0 Å². The van der Waals surface area contributed by atoms with E-state index < -0.39 is 0 Å². The average molecular weight is 446 g/mol. The smallest absolute Gasteiger partial charge is 0.196 e. The van der Waals surface area contributed by atoms with Crippen LogP contribution >= 0.6 is 23.4 Å². The molecule has 1 atom stereocenters. The van der Waals surface area contributed by atoms with Crippen molar-refractivity contribution < 1.29 is 14.2 Å². The Morgan fingerprint density at radius 1 is 1.17 bits per heavy atom. The van der Waals surface area contributed by atoms with Crippen LogP contribution in [0.3, 0.4) is 0 Å². The first kappa shape index (κ1) is 21.0. The predicted octanol–water partition coefficient (Wildman–Crippen LogP) is 5.09. The Morgan fingerprint density at radius 2 is 1.97 bits per heavy atom. The summed E-state index contributed by atoms with van der Waals surface area (Å²) in [6, 6.07) is 13.4. The number of aryl methyl sites for hydroxylation is 1. The number of thioether (sulfide) groups is 1. The van der Waals surface area contributed by atoms with Gasteiger partial charge in [0, 0.05) is 17.4 Å². The normalized spacial score (nSPS) is 16.0. The largest absolute Gasteiger partial charge is 0.497 e. The maximum Gasteiger partial charge on any atom is 0.196 e. The van der Waals surface area contributed by atoms with Crippen molar-refractivity contribution in [3.8, 4) is 17.2 Å². The fourth-order valence-electron chi connectivity index (χ4n) is 3.23. The van der Waals surface area contributed by atoms with Crippen LogP contribution in [0.4, 0.5) is 0 Å². The number of benzene rings is 2. The lowest BCUT2D eigenvalue weighted by Crippen LogP contribution is -2.10. The molecule has 1 aromatic heterocycles. The summed E-state index contributed by atoms with van der Waals surface area (Å²) in [7, 11) is 1.64. The van der Waals surface area contributed by atoms with Gasteiger partial charge in [0.15, 0.2) is 11.0 Å². The molecule has 2 aromatic carbocycles. The number of hydrogen-bond donors (Lipinski definition) is 0. The summed E-state index contributed by atoms with van der Waals surface area (Å²) in [6.45, 7) is 3.11. The van der Waals surface area contributed by atoms with E-state index in [1.807, 2.05) is 54.0 Å². The Labute approximate surface area is 185 Å². The number of ether oxygens (including phenoxy) is 3. The fourth-order valence-corrected chi connectivity index (χ4v) is 4.44. The predicted molar refractivity (Wildman–Crippen MR) is 118 cm³/mol. The van der Waals surface area contributed by atoms with Crippen LogP contribution in [-0.4, -0.2) is 40.3 Å². The maximum absolute atomic E-state index is 6.39. The summed E-state index contributed by atoms with van der Waals surface area (Å²) in [5.41, 5.74) is 1.94. The molecule has 30 heavy (non-hydrogen) atoms. The van der Waals surface area contributed by atoms with E-state index in [1.165, 1.54) is 0 Å². The lowest BCUT2D eigenvalue weighted by Gasteiger charge is -2.13. The van der Waals surface area contributed by atoms with Crippen molar-refractivity contribution in [2.45, 2.75) is 37.6 Å². The van der Waals surface area contributed by atoms with Crippen LogP contribution in [0.1, 0.15) is 24.2 Å². The zero-order chi connectivity index (χ0) is 20.9. The van der Waals surface area contributed by atoms with E-state index in [0.29, 0.717) is 10.8 Å². The van der Waals surface area contributed by atoms with Crippen LogP contribution < -0.4 is 9.47 Å². The fraction of sp³-hybridized carbons (Fsp3) is 0.364. The van der Waals surface area contributed by atoms with E-state index in [9.17, 15) is 0 Å². The number of nitrogens with zero attached hydrogens (tertiary/aromatic N) is 3. The number of halogens is 1. The molecule has 0 N–H and O–H groups in total. The van der Waals surface area contributed by atoms with Crippen LogP contribution in [0.5, 0.6) is 11.5 Å². The minimum Gasteiger partial charge on any atom is -0.497 e. The summed E-state index contributed by atoms with van der Waals surface area (Å²) in [4.78, 5) is 0. The van der Waals surface area contributed by atoms with Crippen molar-refractivity contribution in [3.63, 3.8) is 0 Å². The summed E-state index contributed by atoms with van der Waals surface area (Å²) in [5.74, 6) is 3.07. The second kappa shape index (κ2) is 9.73. The summed E-state index contributed by atoms with van der Waals surface area (Å²) < 4.78 is 18.9. The van der Waals surface area contributed by atoms with Crippen molar-refractivity contribution in [2.75, 3.05) is 19.5 Å². The Balaban J connectivity index is 1.57. The number of aromatic nitrogens is 3. The van der Waals surface area contributed by atoms with E-state index in [1.54, 1.807) is 18.9 Å². The molecular weight excluding hydrogens is 422 g/mol. The second-order valence-electron chi connectivity index (χ2n) is 7.08. The van der Waals surface area contributed by atoms with E-state index >= 15 is 0 Å². The highest BCUT2D eigenvalue weighted by atomic mass is 35.5. The van der Waals surface area contributed by atoms with Gasteiger partial charge in [-0.05, 0) is 61.7 Å². The number of hydrogen-bond acceptors (Lipinski definition) is 6. The van der Waals surface area contributed by atoms with E-state index in [4.69, 9.17) is 25.8 Å². The zero-order valence-electron chi connectivity index (χ0n) is 17.0. The van der Waals surface area contributed by atoms with Gasteiger partial charge in [-0.15, -0.1) is 10.2 Å². The standard InChI is InChI=1S/C22H24ClN3O3S/c1-15-5-6-16(12-20(15)23)26-21(13-29-18-9-7-17(27-2)8-10-18)24-25-22(26)30-14-19-4-3-11-28-19/h5-10,12,19H,3-4,11,13-14H2,1-2H3. The Bertz CT molecular complexity index is 988. The van der Waals surface area contributed by atoms with Crippen molar-refractivity contribution in [1.82, 2.24) is 14.8 Å². The molecule has 0 aliphatic carbocycles. The van der Waals surface area contributed by atoms with Gasteiger partial charge in [-0.2, -0.15) is 0 Å². The SMILES string of the molecule is COc1ccc(OCc2nnc(SCC3CCCO3)n2-c2ccc(C)c(Cl)c2)cc1. The van der Waals surface area contributed by atoms with Crippen LogP contribution in [0.2, 0.25) is 5.02 Å². The quantitative estimate of drug-likeness (QED) is 0.450. The molecule has 8 heteroatoms. The van der Waals surface area contributed by atoms with Crippen molar-refractivity contribution in [3.05, 3.63) is 58.9 Å². The van der Waals surface area contributed by atoms with Gasteiger partial charge in [0.1, 0.15) is 18.1 Å². The first-order chi connectivity index (χ1) is 14.6. The Morgan fingerprint density at radius 3 is 2.67 bits per heavy atom. The molecule has 3 aromatic rings.